The number of carboxylic acids is 1. The number of aliphatic carboxylic acids is 1. The molecule has 1 aromatic carbocycles. The van der Waals surface area contributed by atoms with Crippen LogP contribution in [-0.2, 0) is 11.3 Å². The van der Waals surface area contributed by atoms with Gasteiger partial charge in [-0.3, -0.25) is 4.79 Å². The fraction of sp³-hybridized carbons (Fsp3) is 0.385. The number of carbonyl (C=O) groups is 1. The number of rotatable bonds is 4. The van der Waals surface area contributed by atoms with E-state index < -0.39 is 5.97 Å². The Morgan fingerprint density at radius 3 is 2.88 bits per heavy atom. The van der Waals surface area contributed by atoms with E-state index in [1.54, 1.807) is 0 Å². The third-order valence-electron chi connectivity index (χ3n) is 2.94. The van der Waals surface area contributed by atoms with Crippen LogP contribution in [-0.4, -0.2) is 20.6 Å². The highest BCUT2D eigenvalue weighted by Crippen LogP contribution is 2.19. The number of benzene rings is 1. The Labute approximate surface area is 99.9 Å². The van der Waals surface area contributed by atoms with Crippen LogP contribution in [0.4, 0.5) is 0 Å². The van der Waals surface area contributed by atoms with E-state index in [1.807, 2.05) is 32.0 Å². The Morgan fingerprint density at radius 2 is 2.18 bits per heavy atom. The molecule has 2 aromatic rings. The van der Waals surface area contributed by atoms with Crippen LogP contribution in [0.5, 0.6) is 0 Å². The lowest BCUT2D eigenvalue weighted by Gasteiger charge is -2.05. The number of hydrogen-bond acceptors (Lipinski definition) is 2. The fourth-order valence-corrected chi connectivity index (χ4v) is 2.07. The van der Waals surface area contributed by atoms with Crippen LogP contribution in [0.15, 0.2) is 18.2 Å². The molecule has 0 amide bonds. The molecule has 0 aliphatic heterocycles. The average molecular weight is 232 g/mol. The fourth-order valence-electron chi connectivity index (χ4n) is 2.07. The first-order valence-electron chi connectivity index (χ1n) is 5.74. The molecule has 0 aliphatic rings. The molecule has 90 valence electrons. The van der Waals surface area contributed by atoms with E-state index in [0.29, 0.717) is 13.0 Å². The molecule has 0 radical (unpaired) electrons. The molecule has 4 heteroatoms. The molecule has 0 bridgehead atoms. The minimum Gasteiger partial charge on any atom is -0.481 e. The molecular formula is C13H16N2O2. The summed E-state index contributed by atoms with van der Waals surface area (Å²) in [4.78, 5) is 15.0. The van der Waals surface area contributed by atoms with E-state index in [-0.39, 0.29) is 6.42 Å². The van der Waals surface area contributed by atoms with Gasteiger partial charge < -0.3 is 9.67 Å². The Hall–Kier alpha value is -1.84. The molecule has 1 aromatic heterocycles. The first-order valence-corrected chi connectivity index (χ1v) is 5.74. The summed E-state index contributed by atoms with van der Waals surface area (Å²) in [6, 6.07) is 6.08. The van der Waals surface area contributed by atoms with Crippen molar-refractivity contribution >= 4 is 17.0 Å². The molecule has 0 unspecified atom stereocenters. The number of para-hydroxylation sites is 1. The molecule has 2 rings (SSSR count). The van der Waals surface area contributed by atoms with Crippen LogP contribution in [0.2, 0.25) is 0 Å². The van der Waals surface area contributed by atoms with Crippen molar-refractivity contribution in [3.05, 3.63) is 29.6 Å². The lowest BCUT2D eigenvalue weighted by molar-refractivity contribution is -0.137. The maximum atomic E-state index is 10.5. The van der Waals surface area contributed by atoms with E-state index in [9.17, 15) is 4.79 Å². The molecule has 1 N–H and O–H groups in total. The summed E-state index contributed by atoms with van der Waals surface area (Å²) >= 11 is 0. The van der Waals surface area contributed by atoms with E-state index in [2.05, 4.69) is 9.55 Å². The molecular weight excluding hydrogens is 216 g/mol. The monoisotopic (exact) mass is 232 g/mol. The van der Waals surface area contributed by atoms with Crippen LogP contribution in [0.25, 0.3) is 11.0 Å². The highest BCUT2D eigenvalue weighted by Gasteiger charge is 2.08. The van der Waals surface area contributed by atoms with Crippen LogP contribution < -0.4 is 0 Å². The summed E-state index contributed by atoms with van der Waals surface area (Å²) in [5, 5.41) is 8.64. The zero-order valence-corrected chi connectivity index (χ0v) is 10.1. The summed E-state index contributed by atoms with van der Waals surface area (Å²) in [7, 11) is 0. The molecule has 0 spiro atoms. The van der Waals surface area contributed by atoms with Crippen molar-refractivity contribution in [2.45, 2.75) is 33.2 Å². The Morgan fingerprint density at radius 1 is 1.41 bits per heavy atom. The van der Waals surface area contributed by atoms with Crippen LogP contribution in [0, 0.1) is 13.8 Å². The standard InChI is InChI=1S/C13H16N2O2/c1-9-5-3-6-11-13(9)14-10(2)15(11)8-4-7-12(16)17/h3,5-6H,4,7-8H2,1-2H3,(H,16,17). The molecule has 1 heterocycles. The van der Waals surface area contributed by atoms with Crippen LogP contribution in [0.3, 0.4) is 0 Å². The van der Waals surface area contributed by atoms with Crippen molar-refractivity contribution in [2.24, 2.45) is 0 Å². The zero-order chi connectivity index (χ0) is 12.4. The normalized spacial score (nSPS) is 10.9. The van der Waals surface area contributed by atoms with Gasteiger partial charge in [-0.15, -0.1) is 0 Å². The van der Waals surface area contributed by atoms with Gasteiger partial charge in [-0.05, 0) is 31.9 Å². The van der Waals surface area contributed by atoms with Gasteiger partial charge in [-0.2, -0.15) is 0 Å². The van der Waals surface area contributed by atoms with Crippen molar-refractivity contribution in [3.63, 3.8) is 0 Å². The van der Waals surface area contributed by atoms with Crippen molar-refractivity contribution in [1.82, 2.24) is 9.55 Å². The van der Waals surface area contributed by atoms with Gasteiger partial charge in [-0.25, -0.2) is 4.98 Å². The van der Waals surface area contributed by atoms with Gasteiger partial charge >= 0.3 is 5.97 Å². The van der Waals surface area contributed by atoms with E-state index >= 15 is 0 Å². The summed E-state index contributed by atoms with van der Waals surface area (Å²) in [5.74, 6) is 0.197. The summed E-state index contributed by atoms with van der Waals surface area (Å²) in [6.07, 6.45) is 0.834. The van der Waals surface area contributed by atoms with Crippen molar-refractivity contribution in [2.75, 3.05) is 0 Å². The van der Waals surface area contributed by atoms with E-state index in [1.165, 1.54) is 0 Å². The smallest absolute Gasteiger partial charge is 0.303 e. The number of aromatic nitrogens is 2. The van der Waals surface area contributed by atoms with Gasteiger partial charge in [0.1, 0.15) is 5.82 Å². The Bertz CT molecular complexity index is 558. The summed E-state index contributed by atoms with van der Waals surface area (Å²) in [6.45, 7) is 4.70. The minimum atomic E-state index is -0.747. The molecule has 0 saturated carbocycles. The van der Waals surface area contributed by atoms with Crippen molar-refractivity contribution < 1.29 is 9.90 Å². The largest absolute Gasteiger partial charge is 0.481 e. The highest BCUT2D eigenvalue weighted by molar-refractivity contribution is 5.79. The Balaban J connectivity index is 2.30. The number of nitrogens with zero attached hydrogens (tertiary/aromatic N) is 2. The molecule has 0 aliphatic carbocycles. The molecule has 17 heavy (non-hydrogen) atoms. The first kappa shape index (κ1) is 11.6. The number of imidazole rings is 1. The van der Waals surface area contributed by atoms with Crippen LogP contribution >= 0.6 is 0 Å². The SMILES string of the molecule is Cc1cccc2c1nc(C)n2CCCC(=O)O. The van der Waals surface area contributed by atoms with Crippen LogP contribution in [0.1, 0.15) is 24.2 Å². The second-order valence-electron chi connectivity index (χ2n) is 4.25. The number of hydrogen-bond donors (Lipinski definition) is 1. The van der Waals surface area contributed by atoms with Crippen molar-refractivity contribution in [1.29, 1.82) is 0 Å². The molecule has 0 atom stereocenters. The van der Waals surface area contributed by atoms with Gasteiger partial charge in [0.15, 0.2) is 0 Å². The quantitative estimate of drug-likeness (QED) is 0.881. The minimum absolute atomic E-state index is 0.199. The molecule has 0 saturated heterocycles. The van der Waals surface area contributed by atoms with E-state index in [0.717, 1.165) is 22.4 Å². The summed E-state index contributed by atoms with van der Waals surface area (Å²) in [5.41, 5.74) is 3.26. The molecule has 4 nitrogen and oxygen atoms in total. The van der Waals surface area contributed by atoms with Crippen molar-refractivity contribution in [3.8, 4) is 0 Å². The Kier molecular flexibility index (Phi) is 3.13. The maximum absolute atomic E-state index is 10.5. The van der Waals surface area contributed by atoms with Gasteiger partial charge in [-0.1, -0.05) is 12.1 Å². The first-order chi connectivity index (χ1) is 8.09. The lowest BCUT2D eigenvalue weighted by atomic mass is 10.2. The van der Waals surface area contributed by atoms with Gasteiger partial charge in [0.25, 0.3) is 0 Å². The summed E-state index contributed by atoms with van der Waals surface area (Å²) < 4.78 is 2.09. The zero-order valence-electron chi connectivity index (χ0n) is 10.1. The second kappa shape index (κ2) is 4.57. The topological polar surface area (TPSA) is 55.1 Å². The van der Waals surface area contributed by atoms with Gasteiger partial charge in [0, 0.05) is 13.0 Å². The predicted octanol–water partition coefficient (Wildman–Crippen LogP) is 2.52. The third kappa shape index (κ3) is 2.30. The number of carboxylic acid groups (broad SMARTS) is 1. The predicted molar refractivity (Wildman–Crippen MR) is 66.1 cm³/mol. The maximum Gasteiger partial charge on any atom is 0.303 e. The third-order valence-corrected chi connectivity index (χ3v) is 2.94. The molecule has 0 fully saturated rings. The van der Waals surface area contributed by atoms with Gasteiger partial charge in [0.05, 0.1) is 11.0 Å². The number of fused-ring (bicyclic) bond motifs is 1. The number of aryl methyl sites for hydroxylation is 3. The lowest BCUT2D eigenvalue weighted by Crippen LogP contribution is -2.03. The average Bonchev–Trinajstić information content (AvgIpc) is 2.57. The highest BCUT2D eigenvalue weighted by atomic mass is 16.4. The second-order valence-corrected chi connectivity index (χ2v) is 4.25. The van der Waals surface area contributed by atoms with Gasteiger partial charge in [0.2, 0.25) is 0 Å². The van der Waals surface area contributed by atoms with E-state index in [4.69, 9.17) is 5.11 Å².